The van der Waals surface area contributed by atoms with E-state index in [1.807, 2.05) is 0 Å². The first kappa shape index (κ1) is 8.58. The molecule has 1 saturated heterocycles. The van der Waals surface area contributed by atoms with Crippen LogP contribution in [0.3, 0.4) is 0 Å². The van der Waals surface area contributed by atoms with Gasteiger partial charge in [-0.3, -0.25) is 0 Å². The summed E-state index contributed by atoms with van der Waals surface area (Å²) in [5.41, 5.74) is 0.537. The van der Waals surface area contributed by atoms with Crippen molar-refractivity contribution in [3.05, 3.63) is 0 Å². The molecule has 0 radical (unpaired) electrons. The molecule has 2 rings (SSSR count). The molecule has 0 amide bonds. The first-order chi connectivity index (χ1) is 6.24. The van der Waals surface area contributed by atoms with Crippen LogP contribution in [-0.4, -0.2) is 25.7 Å². The van der Waals surface area contributed by atoms with Crippen molar-refractivity contribution >= 4 is 5.97 Å². The molecule has 1 N–H and O–H groups in total. The summed E-state index contributed by atoms with van der Waals surface area (Å²) in [5.74, 6) is 4.91. The maximum Gasteiger partial charge on any atom is 0.384 e. The van der Waals surface area contributed by atoms with Crippen LogP contribution >= 0.6 is 0 Å². The molecule has 3 heteroatoms. The van der Waals surface area contributed by atoms with Crippen LogP contribution in [-0.2, 0) is 9.53 Å². The van der Waals surface area contributed by atoms with Crippen LogP contribution in [0.1, 0.15) is 19.3 Å². The molecule has 1 atom stereocenters. The van der Waals surface area contributed by atoms with Crippen LogP contribution in [0.25, 0.3) is 0 Å². The number of esters is 1. The Kier molecular flexibility index (Phi) is 2.01. The van der Waals surface area contributed by atoms with Gasteiger partial charge in [0.1, 0.15) is 0 Å². The van der Waals surface area contributed by atoms with E-state index in [0.29, 0.717) is 5.41 Å². The molecule has 2 fully saturated rings. The van der Waals surface area contributed by atoms with Crippen LogP contribution in [0.2, 0.25) is 0 Å². The zero-order chi connectivity index (χ0) is 9.31. The number of carbonyl (C=O) groups is 1. The van der Waals surface area contributed by atoms with Crippen molar-refractivity contribution in [2.24, 2.45) is 5.41 Å². The summed E-state index contributed by atoms with van der Waals surface area (Å²) in [6, 6.07) is 0.196. The van der Waals surface area contributed by atoms with Gasteiger partial charge in [0.25, 0.3) is 0 Å². The molecule has 1 aliphatic carbocycles. The van der Waals surface area contributed by atoms with Crippen LogP contribution in [0.5, 0.6) is 0 Å². The Morgan fingerprint density at radius 2 is 2.38 bits per heavy atom. The van der Waals surface area contributed by atoms with Crippen LogP contribution < -0.4 is 5.32 Å². The van der Waals surface area contributed by atoms with Gasteiger partial charge < -0.3 is 10.1 Å². The number of hydrogen-bond acceptors (Lipinski definition) is 3. The molecule has 1 heterocycles. The second-order valence-corrected chi connectivity index (χ2v) is 3.90. The average Bonchev–Trinajstić information content (AvgIpc) is 2.75. The van der Waals surface area contributed by atoms with Crippen molar-refractivity contribution in [3.63, 3.8) is 0 Å². The Balaban J connectivity index is 1.88. The highest BCUT2D eigenvalue weighted by Gasteiger charge is 2.47. The fourth-order valence-corrected chi connectivity index (χ4v) is 1.77. The highest BCUT2D eigenvalue weighted by molar-refractivity contribution is 5.88. The van der Waals surface area contributed by atoms with E-state index in [-0.39, 0.29) is 6.04 Å². The largest absolute Gasteiger partial charge is 0.459 e. The van der Waals surface area contributed by atoms with Gasteiger partial charge in [0.2, 0.25) is 0 Å². The molecular weight excluding hydrogens is 166 g/mol. The number of rotatable bonds is 0. The number of hydrogen-bond donors (Lipinski definition) is 1. The normalized spacial score (nSPS) is 27.9. The van der Waals surface area contributed by atoms with Gasteiger partial charge in [0.15, 0.2) is 0 Å². The number of ether oxygens (including phenoxy) is 1. The van der Waals surface area contributed by atoms with Gasteiger partial charge >= 0.3 is 5.97 Å². The van der Waals surface area contributed by atoms with Crippen LogP contribution in [0, 0.1) is 17.3 Å². The van der Waals surface area contributed by atoms with Crippen molar-refractivity contribution in [2.75, 3.05) is 13.7 Å². The van der Waals surface area contributed by atoms with Crippen molar-refractivity contribution in [3.8, 4) is 11.8 Å². The summed E-state index contributed by atoms with van der Waals surface area (Å²) in [6.07, 6.45) is 3.73. The average molecular weight is 179 g/mol. The Labute approximate surface area is 77.8 Å². The van der Waals surface area contributed by atoms with E-state index in [2.05, 4.69) is 21.9 Å². The quantitative estimate of drug-likeness (QED) is 0.330. The van der Waals surface area contributed by atoms with Crippen LogP contribution in [0.4, 0.5) is 0 Å². The van der Waals surface area contributed by atoms with E-state index in [1.54, 1.807) is 0 Å². The summed E-state index contributed by atoms with van der Waals surface area (Å²) in [6.45, 7) is 1.06. The van der Waals surface area contributed by atoms with E-state index in [0.717, 1.165) is 13.0 Å². The lowest BCUT2D eigenvalue weighted by atomic mass is 10.0. The standard InChI is InChI=1S/C10H13NO2/c1-13-9(12)3-2-8-6-10(4-5-10)7-11-8/h8,11H,4-7H2,1H3. The minimum atomic E-state index is -0.446. The predicted molar refractivity (Wildman–Crippen MR) is 47.9 cm³/mol. The SMILES string of the molecule is COC(=O)C#CC1CC2(CC2)CN1. The van der Waals surface area contributed by atoms with E-state index < -0.39 is 5.97 Å². The number of carbonyl (C=O) groups excluding carboxylic acids is 1. The Morgan fingerprint density at radius 3 is 2.92 bits per heavy atom. The molecule has 1 spiro atoms. The molecule has 0 bridgehead atoms. The zero-order valence-corrected chi connectivity index (χ0v) is 7.72. The smallest absolute Gasteiger partial charge is 0.384 e. The Hall–Kier alpha value is -1.01. The van der Waals surface area contributed by atoms with Gasteiger partial charge in [0, 0.05) is 12.5 Å². The van der Waals surface area contributed by atoms with Gasteiger partial charge in [-0.25, -0.2) is 4.79 Å². The number of nitrogens with one attached hydrogen (secondary N) is 1. The van der Waals surface area contributed by atoms with Gasteiger partial charge in [-0.1, -0.05) is 5.92 Å². The summed E-state index contributed by atoms with van der Waals surface area (Å²) in [5, 5.41) is 3.31. The van der Waals surface area contributed by atoms with E-state index in [4.69, 9.17) is 0 Å². The lowest BCUT2D eigenvalue weighted by Crippen LogP contribution is -2.19. The molecule has 3 nitrogen and oxygen atoms in total. The monoisotopic (exact) mass is 179 g/mol. The fraction of sp³-hybridized carbons (Fsp3) is 0.700. The van der Waals surface area contributed by atoms with Gasteiger partial charge in [-0.2, -0.15) is 0 Å². The molecule has 0 aromatic rings. The lowest BCUT2D eigenvalue weighted by Gasteiger charge is -1.99. The van der Waals surface area contributed by atoms with E-state index >= 15 is 0 Å². The summed E-state index contributed by atoms with van der Waals surface area (Å²) in [7, 11) is 1.35. The second-order valence-electron chi connectivity index (χ2n) is 3.90. The molecule has 1 saturated carbocycles. The van der Waals surface area contributed by atoms with Gasteiger partial charge in [0.05, 0.1) is 13.2 Å². The zero-order valence-electron chi connectivity index (χ0n) is 7.72. The highest BCUT2D eigenvalue weighted by atomic mass is 16.5. The Morgan fingerprint density at radius 1 is 1.62 bits per heavy atom. The maximum absolute atomic E-state index is 10.7. The molecule has 1 unspecified atom stereocenters. The molecule has 0 aromatic carbocycles. The molecule has 0 aromatic heterocycles. The van der Waals surface area contributed by atoms with Crippen molar-refractivity contribution in [2.45, 2.75) is 25.3 Å². The minimum Gasteiger partial charge on any atom is -0.459 e. The van der Waals surface area contributed by atoms with Crippen molar-refractivity contribution in [1.29, 1.82) is 0 Å². The van der Waals surface area contributed by atoms with E-state index in [1.165, 1.54) is 20.0 Å². The maximum atomic E-state index is 10.7. The number of methoxy groups -OCH3 is 1. The summed E-state index contributed by atoms with van der Waals surface area (Å²) < 4.78 is 4.44. The van der Waals surface area contributed by atoms with E-state index in [9.17, 15) is 4.79 Å². The molecular formula is C10H13NO2. The highest BCUT2D eigenvalue weighted by Crippen LogP contribution is 2.51. The third-order valence-corrected chi connectivity index (χ3v) is 2.85. The summed E-state index contributed by atoms with van der Waals surface area (Å²) >= 11 is 0. The van der Waals surface area contributed by atoms with Crippen molar-refractivity contribution in [1.82, 2.24) is 5.32 Å². The third kappa shape index (κ3) is 1.84. The van der Waals surface area contributed by atoms with Crippen LogP contribution in [0.15, 0.2) is 0 Å². The molecule has 70 valence electrons. The third-order valence-electron chi connectivity index (χ3n) is 2.85. The molecule has 13 heavy (non-hydrogen) atoms. The second kappa shape index (κ2) is 3.04. The lowest BCUT2D eigenvalue weighted by molar-refractivity contribution is -0.133. The predicted octanol–water partition coefficient (Wildman–Crippen LogP) is 0.305. The first-order valence-corrected chi connectivity index (χ1v) is 4.57. The molecule has 1 aliphatic heterocycles. The van der Waals surface area contributed by atoms with Gasteiger partial charge in [-0.05, 0) is 24.7 Å². The Bertz CT molecular complexity index is 283. The van der Waals surface area contributed by atoms with Crippen molar-refractivity contribution < 1.29 is 9.53 Å². The molecule has 2 aliphatic rings. The first-order valence-electron chi connectivity index (χ1n) is 4.57. The summed E-state index contributed by atoms with van der Waals surface area (Å²) in [4.78, 5) is 10.7. The topological polar surface area (TPSA) is 38.3 Å². The fourth-order valence-electron chi connectivity index (χ4n) is 1.77. The minimum absolute atomic E-state index is 0.196. The van der Waals surface area contributed by atoms with Gasteiger partial charge in [-0.15, -0.1) is 0 Å².